The third-order valence-electron chi connectivity index (χ3n) is 4.76. The van der Waals surface area contributed by atoms with Crippen LogP contribution >= 0.6 is 0 Å². The van der Waals surface area contributed by atoms with E-state index in [0.29, 0.717) is 36.5 Å². The lowest BCUT2D eigenvalue weighted by molar-refractivity contribution is 0.171. The lowest BCUT2D eigenvalue weighted by Crippen LogP contribution is -2.16. The number of hydrogen-bond acceptors (Lipinski definition) is 6. The van der Waals surface area contributed by atoms with E-state index in [2.05, 4.69) is 15.5 Å². The van der Waals surface area contributed by atoms with E-state index in [1.54, 1.807) is 12.1 Å². The summed E-state index contributed by atoms with van der Waals surface area (Å²) in [4.78, 5) is 0. The first-order chi connectivity index (χ1) is 14.8. The zero-order chi connectivity index (χ0) is 20.3. The molecule has 6 nitrogen and oxygen atoms in total. The minimum Gasteiger partial charge on any atom is -0.486 e. The maximum absolute atomic E-state index is 13.5. The summed E-state index contributed by atoms with van der Waals surface area (Å²) in [5.41, 5.74) is 2.40. The van der Waals surface area contributed by atoms with Crippen LogP contribution in [-0.4, -0.2) is 23.4 Å². The van der Waals surface area contributed by atoms with E-state index in [1.807, 2.05) is 48.5 Å². The molecule has 0 radical (unpaired) electrons. The summed E-state index contributed by atoms with van der Waals surface area (Å²) in [5, 5.41) is 11.8. The van der Waals surface area contributed by atoms with Crippen molar-refractivity contribution in [2.45, 2.75) is 6.04 Å². The SMILES string of the molecule is Fc1ccc([C@H](Nc2ccc3c(c2)OCCO3)c2nnc(-c3ccccc3)o2)cc1. The molecule has 7 heteroatoms. The van der Waals surface area contributed by atoms with Gasteiger partial charge in [-0.25, -0.2) is 4.39 Å². The zero-order valence-corrected chi connectivity index (χ0v) is 15.9. The van der Waals surface area contributed by atoms with Crippen LogP contribution < -0.4 is 14.8 Å². The molecule has 0 fully saturated rings. The molecule has 0 saturated heterocycles. The maximum Gasteiger partial charge on any atom is 0.247 e. The molecule has 0 unspecified atom stereocenters. The van der Waals surface area contributed by atoms with E-state index < -0.39 is 6.04 Å². The summed E-state index contributed by atoms with van der Waals surface area (Å²) < 4.78 is 30.7. The molecule has 2 heterocycles. The average Bonchev–Trinajstić information content (AvgIpc) is 3.29. The van der Waals surface area contributed by atoms with Crippen molar-refractivity contribution in [1.82, 2.24) is 10.2 Å². The smallest absolute Gasteiger partial charge is 0.247 e. The molecule has 150 valence electrons. The van der Waals surface area contributed by atoms with E-state index in [4.69, 9.17) is 13.9 Å². The van der Waals surface area contributed by atoms with Crippen LogP contribution in [0.1, 0.15) is 17.5 Å². The van der Waals surface area contributed by atoms with E-state index in [1.165, 1.54) is 12.1 Å². The zero-order valence-electron chi connectivity index (χ0n) is 15.9. The highest BCUT2D eigenvalue weighted by molar-refractivity contribution is 5.57. The molecule has 30 heavy (non-hydrogen) atoms. The Labute approximate surface area is 172 Å². The highest BCUT2D eigenvalue weighted by atomic mass is 19.1. The predicted molar refractivity (Wildman–Crippen MR) is 109 cm³/mol. The Kier molecular flexibility index (Phi) is 4.77. The van der Waals surface area contributed by atoms with Crippen LogP contribution in [0.5, 0.6) is 11.5 Å². The van der Waals surface area contributed by atoms with E-state index >= 15 is 0 Å². The third-order valence-corrected chi connectivity index (χ3v) is 4.76. The number of rotatable bonds is 5. The molecule has 5 rings (SSSR count). The van der Waals surface area contributed by atoms with Crippen molar-refractivity contribution in [2.75, 3.05) is 18.5 Å². The van der Waals surface area contributed by atoms with Crippen molar-refractivity contribution in [1.29, 1.82) is 0 Å². The molecule has 1 aliphatic rings. The summed E-state index contributed by atoms with van der Waals surface area (Å²) in [5.74, 6) is 1.85. The molecule has 0 aliphatic carbocycles. The van der Waals surface area contributed by atoms with E-state index in [9.17, 15) is 4.39 Å². The first-order valence-electron chi connectivity index (χ1n) is 9.57. The molecule has 3 aromatic carbocycles. The van der Waals surface area contributed by atoms with Gasteiger partial charge >= 0.3 is 0 Å². The lowest BCUT2D eigenvalue weighted by atomic mass is 10.1. The van der Waals surface area contributed by atoms with Gasteiger partial charge in [-0.15, -0.1) is 10.2 Å². The Morgan fingerprint density at radius 1 is 0.833 bits per heavy atom. The second-order valence-electron chi connectivity index (χ2n) is 6.80. The minimum atomic E-state index is -0.474. The number of halogens is 1. The van der Waals surface area contributed by atoms with Crippen LogP contribution in [-0.2, 0) is 0 Å². The summed E-state index contributed by atoms with van der Waals surface area (Å²) in [6.07, 6.45) is 0. The minimum absolute atomic E-state index is 0.313. The fourth-order valence-electron chi connectivity index (χ4n) is 3.29. The van der Waals surface area contributed by atoms with Crippen LogP contribution in [0.2, 0.25) is 0 Å². The molecule has 1 aliphatic heterocycles. The molecule has 0 amide bonds. The second kappa shape index (κ2) is 7.87. The largest absolute Gasteiger partial charge is 0.486 e. The van der Waals surface area contributed by atoms with Crippen LogP contribution in [0.25, 0.3) is 11.5 Å². The van der Waals surface area contributed by atoms with Crippen molar-refractivity contribution in [3.05, 3.63) is 90.1 Å². The average molecular weight is 403 g/mol. The molecular weight excluding hydrogens is 385 g/mol. The van der Waals surface area contributed by atoms with Gasteiger partial charge < -0.3 is 19.2 Å². The number of anilines is 1. The molecule has 4 aromatic rings. The molecule has 0 spiro atoms. The van der Waals surface area contributed by atoms with Gasteiger partial charge in [-0.2, -0.15) is 0 Å². The van der Waals surface area contributed by atoms with E-state index in [-0.39, 0.29) is 5.82 Å². The predicted octanol–water partition coefficient (Wildman–Crippen LogP) is 4.85. The van der Waals surface area contributed by atoms with Gasteiger partial charge in [0.1, 0.15) is 25.1 Å². The van der Waals surface area contributed by atoms with Crippen LogP contribution in [0, 0.1) is 5.82 Å². The van der Waals surface area contributed by atoms with Gasteiger partial charge in [0.05, 0.1) is 0 Å². The van der Waals surface area contributed by atoms with Gasteiger partial charge in [0.15, 0.2) is 11.5 Å². The van der Waals surface area contributed by atoms with Crippen molar-refractivity contribution >= 4 is 5.69 Å². The summed E-state index contributed by atoms with van der Waals surface area (Å²) >= 11 is 0. The molecule has 0 saturated carbocycles. The lowest BCUT2D eigenvalue weighted by Gasteiger charge is -2.21. The highest BCUT2D eigenvalue weighted by Gasteiger charge is 2.23. The normalized spacial score (nSPS) is 13.6. The van der Waals surface area contributed by atoms with Gasteiger partial charge in [-0.1, -0.05) is 30.3 Å². The summed E-state index contributed by atoms with van der Waals surface area (Å²) in [6.45, 7) is 1.03. The number of ether oxygens (including phenoxy) is 2. The first-order valence-corrected chi connectivity index (χ1v) is 9.57. The standard InChI is InChI=1S/C23H18FN3O3/c24-17-8-6-15(7-9-17)21(23-27-26-22(30-23)16-4-2-1-3-5-16)25-18-10-11-19-20(14-18)29-13-12-28-19/h1-11,14,21,25H,12-13H2/t21-/m0/s1. The van der Waals surface area contributed by atoms with Crippen molar-refractivity contribution in [3.8, 4) is 23.0 Å². The quantitative estimate of drug-likeness (QED) is 0.514. The monoisotopic (exact) mass is 403 g/mol. The number of nitrogens with zero attached hydrogens (tertiary/aromatic N) is 2. The third kappa shape index (κ3) is 3.69. The van der Waals surface area contributed by atoms with Gasteiger partial charge in [0.2, 0.25) is 11.8 Å². The number of hydrogen-bond donors (Lipinski definition) is 1. The highest BCUT2D eigenvalue weighted by Crippen LogP contribution is 2.35. The molecule has 1 aromatic heterocycles. The number of nitrogens with one attached hydrogen (secondary N) is 1. The number of aromatic nitrogens is 2. The Morgan fingerprint density at radius 3 is 2.40 bits per heavy atom. The Morgan fingerprint density at radius 2 is 1.60 bits per heavy atom. The summed E-state index contributed by atoms with van der Waals surface area (Å²) in [6, 6.07) is 20.9. The van der Waals surface area contributed by atoms with Gasteiger partial charge in [-0.3, -0.25) is 0 Å². The maximum atomic E-state index is 13.5. The van der Waals surface area contributed by atoms with Crippen molar-refractivity contribution < 1.29 is 18.3 Å². The van der Waals surface area contributed by atoms with Crippen molar-refractivity contribution in [2.24, 2.45) is 0 Å². The number of benzene rings is 3. The topological polar surface area (TPSA) is 69.4 Å². The Bertz CT molecular complexity index is 1150. The first kappa shape index (κ1) is 18.2. The van der Waals surface area contributed by atoms with Crippen LogP contribution in [0.15, 0.2) is 77.2 Å². The van der Waals surface area contributed by atoms with E-state index in [0.717, 1.165) is 16.8 Å². The number of fused-ring (bicyclic) bond motifs is 1. The molecule has 0 bridgehead atoms. The molecule has 1 atom stereocenters. The Balaban J connectivity index is 1.50. The van der Waals surface area contributed by atoms with Gasteiger partial charge in [0.25, 0.3) is 0 Å². The van der Waals surface area contributed by atoms with Crippen LogP contribution in [0.4, 0.5) is 10.1 Å². The fraction of sp³-hybridized carbons (Fsp3) is 0.130. The Hall–Kier alpha value is -3.87. The van der Waals surface area contributed by atoms with Gasteiger partial charge in [-0.05, 0) is 42.0 Å². The second-order valence-corrected chi connectivity index (χ2v) is 6.80. The van der Waals surface area contributed by atoms with Crippen LogP contribution in [0.3, 0.4) is 0 Å². The van der Waals surface area contributed by atoms with Gasteiger partial charge in [0, 0.05) is 17.3 Å². The fourth-order valence-corrected chi connectivity index (χ4v) is 3.29. The molecular formula is C23H18FN3O3. The molecule has 1 N–H and O–H groups in total. The summed E-state index contributed by atoms with van der Waals surface area (Å²) in [7, 11) is 0. The van der Waals surface area contributed by atoms with Crippen molar-refractivity contribution in [3.63, 3.8) is 0 Å².